The van der Waals surface area contributed by atoms with Crippen LogP contribution in [-0.4, -0.2) is 47.4 Å². The number of carboxylic acid groups (broad SMARTS) is 1. The number of hydrogen-bond acceptors (Lipinski definition) is 3. The first-order chi connectivity index (χ1) is 9.03. The van der Waals surface area contributed by atoms with Crippen molar-refractivity contribution in [2.75, 3.05) is 19.6 Å². The molecule has 6 heteroatoms. The predicted octanol–water partition coefficient (Wildman–Crippen LogP) is 0.370. The molecular weight excluding hydrogens is 248 g/mol. The van der Waals surface area contributed by atoms with Gasteiger partial charge in [-0.25, -0.2) is 0 Å². The second-order valence-electron chi connectivity index (χ2n) is 5.49. The summed E-state index contributed by atoms with van der Waals surface area (Å²) in [7, 11) is 0. The molecule has 0 spiro atoms. The van der Waals surface area contributed by atoms with Crippen LogP contribution in [0.15, 0.2) is 0 Å². The van der Waals surface area contributed by atoms with Gasteiger partial charge in [0.1, 0.15) is 0 Å². The first-order valence-electron chi connectivity index (χ1n) is 6.81. The quantitative estimate of drug-likeness (QED) is 0.754. The minimum absolute atomic E-state index is 0.00367. The van der Waals surface area contributed by atoms with Gasteiger partial charge in [-0.05, 0) is 19.3 Å². The second kappa shape index (κ2) is 5.59. The summed E-state index contributed by atoms with van der Waals surface area (Å²) in [6, 6.07) is 0. The van der Waals surface area contributed by atoms with Crippen molar-refractivity contribution in [2.24, 2.45) is 5.41 Å². The summed E-state index contributed by atoms with van der Waals surface area (Å²) in [5.41, 5.74) is -0.801. The van der Waals surface area contributed by atoms with Crippen LogP contribution in [0.1, 0.15) is 38.5 Å². The standard InChI is InChI=1S/C13H20N2O4/c16-10(8-15-7-3-4-11(15)17)14-9-13(12(18)19)5-1-2-6-13/h1-9H2,(H,14,16)(H,18,19). The molecule has 1 heterocycles. The molecule has 0 aromatic rings. The molecule has 0 unspecified atom stereocenters. The summed E-state index contributed by atoms with van der Waals surface area (Å²) in [5, 5.41) is 12.0. The van der Waals surface area contributed by atoms with Crippen LogP contribution in [0.2, 0.25) is 0 Å². The van der Waals surface area contributed by atoms with Crippen LogP contribution < -0.4 is 5.32 Å². The Morgan fingerprint density at radius 1 is 1.26 bits per heavy atom. The molecule has 2 aliphatic rings. The van der Waals surface area contributed by atoms with E-state index in [9.17, 15) is 19.5 Å². The summed E-state index contributed by atoms with van der Waals surface area (Å²) in [6.07, 6.45) is 4.33. The van der Waals surface area contributed by atoms with Gasteiger partial charge in [0.2, 0.25) is 11.8 Å². The lowest BCUT2D eigenvalue weighted by atomic mass is 9.86. The number of carboxylic acids is 1. The fourth-order valence-corrected chi connectivity index (χ4v) is 2.89. The minimum atomic E-state index is -0.831. The Hall–Kier alpha value is -1.59. The Labute approximate surface area is 112 Å². The third kappa shape index (κ3) is 3.05. The molecule has 19 heavy (non-hydrogen) atoms. The third-order valence-corrected chi connectivity index (χ3v) is 4.14. The summed E-state index contributed by atoms with van der Waals surface area (Å²) >= 11 is 0. The van der Waals surface area contributed by atoms with E-state index in [1.165, 1.54) is 4.90 Å². The van der Waals surface area contributed by atoms with Gasteiger partial charge in [0.15, 0.2) is 0 Å². The van der Waals surface area contributed by atoms with Gasteiger partial charge in [0.05, 0.1) is 12.0 Å². The normalized spacial score (nSPS) is 21.7. The molecule has 1 saturated heterocycles. The highest BCUT2D eigenvalue weighted by atomic mass is 16.4. The van der Waals surface area contributed by atoms with Crippen LogP contribution in [0.25, 0.3) is 0 Å². The molecular formula is C13H20N2O4. The summed E-state index contributed by atoms with van der Waals surface area (Å²) < 4.78 is 0. The first kappa shape index (κ1) is 13.8. The second-order valence-corrected chi connectivity index (χ2v) is 5.49. The molecule has 0 aromatic carbocycles. The Morgan fingerprint density at radius 3 is 2.47 bits per heavy atom. The van der Waals surface area contributed by atoms with Gasteiger partial charge in [0, 0.05) is 19.5 Å². The van der Waals surface area contributed by atoms with E-state index in [1.807, 2.05) is 0 Å². The molecule has 2 amide bonds. The third-order valence-electron chi connectivity index (χ3n) is 4.14. The van der Waals surface area contributed by atoms with Crippen molar-refractivity contribution < 1.29 is 19.5 Å². The Bertz CT molecular complexity index is 388. The number of carbonyl (C=O) groups is 3. The molecule has 6 nitrogen and oxygen atoms in total. The number of likely N-dealkylation sites (tertiary alicyclic amines) is 1. The fraction of sp³-hybridized carbons (Fsp3) is 0.769. The van der Waals surface area contributed by atoms with Crippen molar-refractivity contribution in [3.8, 4) is 0 Å². The van der Waals surface area contributed by atoms with Gasteiger partial charge in [-0.2, -0.15) is 0 Å². The van der Waals surface area contributed by atoms with Crippen LogP contribution in [0.4, 0.5) is 0 Å². The van der Waals surface area contributed by atoms with E-state index in [2.05, 4.69) is 5.32 Å². The van der Waals surface area contributed by atoms with E-state index in [-0.39, 0.29) is 24.9 Å². The van der Waals surface area contributed by atoms with Crippen molar-refractivity contribution in [1.29, 1.82) is 0 Å². The fourth-order valence-electron chi connectivity index (χ4n) is 2.89. The molecule has 0 atom stereocenters. The van der Waals surface area contributed by atoms with Crippen LogP contribution in [0.3, 0.4) is 0 Å². The molecule has 2 N–H and O–H groups in total. The van der Waals surface area contributed by atoms with E-state index < -0.39 is 11.4 Å². The first-order valence-corrected chi connectivity index (χ1v) is 6.81. The van der Waals surface area contributed by atoms with E-state index >= 15 is 0 Å². The number of nitrogens with zero attached hydrogens (tertiary/aromatic N) is 1. The highest BCUT2D eigenvalue weighted by Crippen LogP contribution is 2.37. The van der Waals surface area contributed by atoms with Crippen LogP contribution >= 0.6 is 0 Å². The Morgan fingerprint density at radius 2 is 1.95 bits per heavy atom. The molecule has 0 radical (unpaired) electrons. The predicted molar refractivity (Wildman–Crippen MR) is 67.4 cm³/mol. The van der Waals surface area contributed by atoms with Gasteiger partial charge in [0.25, 0.3) is 0 Å². The lowest BCUT2D eigenvalue weighted by Gasteiger charge is -2.24. The number of carbonyl (C=O) groups excluding carboxylic acids is 2. The van der Waals surface area contributed by atoms with Crippen molar-refractivity contribution in [2.45, 2.75) is 38.5 Å². The van der Waals surface area contributed by atoms with Gasteiger partial charge in [-0.3, -0.25) is 14.4 Å². The zero-order valence-corrected chi connectivity index (χ0v) is 11.0. The highest BCUT2D eigenvalue weighted by Gasteiger charge is 2.41. The van der Waals surface area contributed by atoms with E-state index in [4.69, 9.17) is 0 Å². The lowest BCUT2D eigenvalue weighted by Crippen LogP contribution is -2.45. The number of aliphatic carboxylic acids is 1. The molecule has 1 aliphatic heterocycles. The molecule has 2 rings (SSSR count). The van der Waals surface area contributed by atoms with Crippen LogP contribution in [-0.2, 0) is 14.4 Å². The van der Waals surface area contributed by atoms with Crippen molar-refractivity contribution in [3.05, 3.63) is 0 Å². The van der Waals surface area contributed by atoms with E-state index in [0.717, 1.165) is 19.3 Å². The zero-order valence-electron chi connectivity index (χ0n) is 11.0. The lowest BCUT2D eigenvalue weighted by molar-refractivity contribution is -0.148. The monoisotopic (exact) mass is 268 g/mol. The number of amides is 2. The Kier molecular flexibility index (Phi) is 4.07. The maximum atomic E-state index is 11.8. The largest absolute Gasteiger partial charge is 0.481 e. The van der Waals surface area contributed by atoms with E-state index in [1.54, 1.807) is 0 Å². The summed E-state index contributed by atoms with van der Waals surface area (Å²) in [5.74, 6) is -1.09. The van der Waals surface area contributed by atoms with Crippen molar-refractivity contribution >= 4 is 17.8 Å². The maximum absolute atomic E-state index is 11.8. The van der Waals surface area contributed by atoms with Gasteiger partial charge in [-0.15, -0.1) is 0 Å². The molecule has 106 valence electrons. The van der Waals surface area contributed by atoms with Crippen LogP contribution in [0, 0.1) is 5.41 Å². The maximum Gasteiger partial charge on any atom is 0.311 e. The van der Waals surface area contributed by atoms with E-state index in [0.29, 0.717) is 25.8 Å². The smallest absolute Gasteiger partial charge is 0.311 e. The topological polar surface area (TPSA) is 86.7 Å². The summed E-state index contributed by atoms with van der Waals surface area (Å²) in [4.78, 5) is 36.0. The SMILES string of the molecule is O=C(CN1CCCC1=O)NCC1(C(=O)O)CCCC1. The molecule has 1 aliphatic carbocycles. The average molecular weight is 268 g/mol. The van der Waals surface area contributed by atoms with Crippen molar-refractivity contribution in [3.63, 3.8) is 0 Å². The van der Waals surface area contributed by atoms with Crippen molar-refractivity contribution in [1.82, 2.24) is 10.2 Å². The molecule has 0 bridgehead atoms. The molecule has 2 fully saturated rings. The van der Waals surface area contributed by atoms with Gasteiger partial charge >= 0.3 is 5.97 Å². The molecule has 1 saturated carbocycles. The molecule has 0 aromatic heterocycles. The zero-order chi connectivity index (χ0) is 13.9. The Balaban J connectivity index is 1.82. The highest BCUT2D eigenvalue weighted by molar-refractivity contribution is 5.86. The number of hydrogen-bond donors (Lipinski definition) is 2. The van der Waals surface area contributed by atoms with Gasteiger partial charge < -0.3 is 15.3 Å². The van der Waals surface area contributed by atoms with Crippen LogP contribution in [0.5, 0.6) is 0 Å². The average Bonchev–Trinajstić information content (AvgIpc) is 2.98. The number of rotatable bonds is 5. The number of nitrogens with one attached hydrogen (secondary N) is 1. The minimum Gasteiger partial charge on any atom is -0.481 e. The summed E-state index contributed by atoms with van der Waals surface area (Å²) in [6.45, 7) is 0.841. The van der Waals surface area contributed by atoms with Gasteiger partial charge in [-0.1, -0.05) is 12.8 Å².